The number of halogens is 1. The van der Waals surface area contributed by atoms with Crippen LogP contribution in [0.15, 0.2) is 54.6 Å². The Kier molecular flexibility index (Phi) is 8.62. The molecular weight excluding hydrogens is 393 g/mol. The Labute approximate surface area is 184 Å². The highest BCUT2D eigenvalue weighted by Gasteiger charge is 2.21. The Hall–Kier alpha value is -2.70. The maximum Gasteiger partial charge on any atom is 0.237 e. The zero-order chi connectivity index (χ0) is 22.1. The minimum atomic E-state index is -0.402. The molecule has 1 heterocycles. The summed E-state index contributed by atoms with van der Waals surface area (Å²) < 4.78 is 18.9. The lowest BCUT2D eigenvalue weighted by Gasteiger charge is -2.34. The van der Waals surface area contributed by atoms with Gasteiger partial charge in [-0.1, -0.05) is 48.6 Å². The minimum absolute atomic E-state index is 0.0798. The molecule has 1 saturated heterocycles. The Morgan fingerprint density at radius 2 is 1.81 bits per heavy atom. The molecule has 0 spiro atoms. The van der Waals surface area contributed by atoms with Gasteiger partial charge in [0.25, 0.3) is 0 Å². The van der Waals surface area contributed by atoms with Gasteiger partial charge in [0.15, 0.2) is 11.6 Å². The van der Waals surface area contributed by atoms with Crippen molar-refractivity contribution in [1.82, 2.24) is 14.7 Å². The van der Waals surface area contributed by atoms with E-state index in [9.17, 15) is 9.18 Å². The van der Waals surface area contributed by atoms with Gasteiger partial charge in [-0.15, -0.1) is 0 Å². The molecule has 2 aromatic carbocycles. The van der Waals surface area contributed by atoms with Crippen molar-refractivity contribution in [2.75, 3.05) is 52.9 Å². The fourth-order valence-corrected chi connectivity index (χ4v) is 3.73. The van der Waals surface area contributed by atoms with Gasteiger partial charge < -0.3 is 9.64 Å². The van der Waals surface area contributed by atoms with Crippen LogP contribution in [0, 0.1) is 5.82 Å². The predicted octanol–water partition coefficient (Wildman–Crippen LogP) is 3.51. The first kappa shape index (κ1) is 23.0. The summed E-state index contributed by atoms with van der Waals surface area (Å²) in [5, 5.41) is 0. The van der Waals surface area contributed by atoms with Gasteiger partial charge in [-0.05, 0) is 30.2 Å². The van der Waals surface area contributed by atoms with E-state index in [1.54, 1.807) is 17.0 Å². The quantitative estimate of drug-likeness (QED) is 0.616. The zero-order valence-electron chi connectivity index (χ0n) is 18.5. The number of hydrogen-bond acceptors (Lipinski definition) is 4. The van der Waals surface area contributed by atoms with Gasteiger partial charge in [-0.2, -0.15) is 0 Å². The molecule has 0 N–H and O–H groups in total. The highest BCUT2D eigenvalue weighted by Crippen LogP contribution is 2.19. The van der Waals surface area contributed by atoms with Crippen LogP contribution >= 0.6 is 0 Å². The monoisotopic (exact) mass is 425 g/mol. The van der Waals surface area contributed by atoms with Crippen LogP contribution in [0.2, 0.25) is 0 Å². The first-order chi connectivity index (χ1) is 15.1. The molecule has 1 fully saturated rings. The number of hydrogen-bond donors (Lipinski definition) is 0. The van der Waals surface area contributed by atoms with E-state index in [0.29, 0.717) is 19.6 Å². The van der Waals surface area contributed by atoms with Crippen molar-refractivity contribution >= 4 is 12.0 Å². The van der Waals surface area contributed by atoms with Gasteiger partial charge >= 0.3 is 0 Å². The molecule has 1 aliphatic heterocycles. The normalized spacial score (nSPS) is 15.3. The van der Waals surface area contributed by atoms with E-state index < -0.39 is 5.82 Å². The first-order valence-electron chi connectivity index (χ1n) is 10.9. The SMILES string of the molecule is CCN(Cc1ccc(OC)c(F)c1)C(=O)CN1CCN(C/C=C/c2ccccc2)CC1. The van der Waals surface area contributed by atoms with Crippen LogP contribution in [0.3, 0.4) is 0 Å². The van der Waals surface area contributed by atoms with E-state index in [4.69, 9.17) is 4.74 Å². The number of piperazine rings is 1. The third-order valence-corrected chi connectivity index (χ3v) is 5.62. The number of nitrogens with zero attached hydrogens (tertiary/aromatic N) is 3. The summed E-state index contributed by atoms with van der Waals surface area (Å²) >= 11 is 0. The molecule has 0 bridgehead atoms. The largest absolute Gasteiger partial charge is 0.494 e. The van der Waals surface area contributed by atoms with Crippen LogP contribution in [0.25, 0.3) is 6.08 Å². The number of ether oxygens (including phenoxy) is 1. The topological polar surface area (TPSA) is 36.0 Å². The molecule has 1 aliphatic rings. The van der Waals surface area contributed by atoms with Gasteiger partial charge in [0.1, 0.15) is 0 Å². The molecule has 6 heteroatoms. The molecule has 0 saturated carbocycles. The van der Waals surface area contributed by atoms with Crippen LogP contribution in [-0.2, 0) is 11.3 Å². The van der Waals surface area contributed by atoms with Gasteiger partial charge in [-0.25, -0.2) is 4.39 Å². The number of benzene rings is 2. The molecule has 166 valence electrons. The molecule has 31 heavy (non-hydrogen) atoms. The van der Waals surface area contributed by atoms with Gasteiger partial charge in [0.2, 0.25) is 5.91 Å². The second-order valence-electron chi connectivity index (χ2n) is 7.77. The molecule has 0 unspecified atom stereocenters. The Morgan fingerprint density at radius 1 is 1.10 bits per heavy atom. The molecular formula is C25H32FN3O2. The standard InChI is InChI=1S/C25H32FN3O2/c1-3-29(19-22-11-12-24(31-2)23(26)18-22)25(30)20-28-16-14-27(15-17-28)13-7-10-21-8-5-4-6-9-21/h4-12,18H,3,13-17,19-20H2,1-2H3/b10-7+. The summed E-state index contributed by atoms with van der Waals surface area (Å²) in [5.41, 5.74) is 1.98. The lowest BCUT2D eigenvalue weighted by molar-refractivity contribution is -0.133. The minimum Gasteiger partial charge on any atom is -0.494 e. The highest BCUT2D eigenvalue weighted by atomic mass is 19.1. The Balaban J connectivity index is 1.43. The fourth-order valence-electron chi connectivity index (χ4n) is 3.73. The average molecular weight is 426 g/mol. The van der Waals surface area contributed by atoms with Crippen molar-refractivity contribution in [3.8, 4) is 5.75 Å². The fraction of sp³-hybridized carbons (Fsp3) is 0.400. The van der Waals surface area contributed by atoms with E-state index >= 15 is 0 Å². The zero-order valence-corrected chi connectivity index (χ0v) is 18.5. The summed E-state index contributed by atoms with van der Waals surface area (Å²) in [6, 6.07) is 15.2. The summed E-state index contributed by atoms with van der Waals surface area (Å²) in [6.07, 6.45) is 4.35. The second-order valence-corrected chi connectivity index (χ2v) is 7.77. The van der Waals surface area contributed by atoms with Crippen molar-refractivity contribution in [2.24, 2.45) is 0 Å². The van der Waals surface area contributed by atoms with Crippen LogP contribution in [0.4, 0.5) is 4.39 Å². The summed E-state index contributed by atoms with van der Waals surface area (Å²) in [6.45, 7) is 7.91. The molecule has 1 amide bonds. The summed E-state index contributed by atoms with van der Waals surface area (Å²) in [4.78, 5) is 19.2. The Bertz CT molecular complexity index is 864. The van der Waals surface area contributed by atoms with Crippen molar-refractivity contribution < 1.29 is 13.9 Å². The third kappa shape index (κ3) is 6.91. The van der Waals surface area contributed by atoms with Crippen molar-refractivity contribution in [2.45, 2.75) is 13.5 Å². The molecule has 0 radical (unpaired) electrons. The predicted molar refractivity (Wildman–Crippen MR) is 122 cm³/mol. The smallest absolute Gasteiger partial charge is 0.237 e. The highest BCUT2D eigenvalue weighted by molar-refractivity contribution is 5.78. The van der Waals surface area contributed by atoms with Crippen LogP contribution < -0.4 is 4.74 Å². The second kappa shape index (κ2) is 11.6. The lowest BCUT2D eigenvalue weighted by Crippen LogP contribution is -2.49. The number of amides is 1. The van der Waals surface area contributed by atoms with E-state index in [0.717, 1.165) is 38.3 Å². The van der Waals surface area contributed by atoms with Crippen molar-refractivity contribution in [1.29, 1.82) is 0 Å². The van der Waals surface area contributed by atoms with E-state index in [2.05, 4.69) is 34.1 Å². The van der Waals surface area contributed by atoms with Crippen LogP contribution in [0.5, 0.6) is 5.75 Å². The van der Waals surface area contributed by atoms with Gasteiger partial charge in [0, 0.05) is 45.8 Å². The summed E-state index contributed by atoms with van der Waals surface area (Å²) in [7, 11) is 1.44. The summed E-state index contributed by atoms with van der Waals surface area (Å²) in [5.74, 6) is -0.105. The molecule has 5 nitrogen and oxygen atoms in total. The first-order valence-corrected chi connectivity index (χ1v) is 10.9. The average Bonchev–Trinajstić information content (AvgIpc) is 2.79. The number of rotatable bonds is 9. The van der Waals surface area contributed by atoms with Crippen molar-refractivity contribution in [3.63, 3.8) is 0 Å². The Morgan fingerprint density at radius 3 is 2.45 bits per heavy atom. The van der Waals surface area contributed by atoms with Gasteiger partial charge in [0.05, 0.1) is 13.7 Å². The number of likely N-dealkylation sites (N-methyl/N-ethyl adjacent to an activating group) is 1. The number of methoxy groups -OCH3 is 1. The molecule has 0 aromatic heterocycles. The molecule has 0 aliphatic carbocycles. The van der Waals surface area contributed by atoms with Gasteiger partial charge in [-0.3, -0.25) is 14.6 Å². The van der Waals surface area contributed by atoms with E-state index in [1.165, 1.54) is 18.7 Å². The molecule has 3 rings (SSSR count). The van der Waals surface area contributed by atoms with E-state index in [1.807, 2.05) is 25.1 Å². The van der Waals surface area contributed by atoms with Crippen LogP contribution in [0.1, 0.15) is 18.1 Å². The third-order valence-electron chi connectivity index (χ3n) is 5.62. The van der Waals surface area contributed by atoms with E-state index in [-0.39, 0.29) is 11.7 Å². The molecule has 2 aromatic rings. The van der Waals surface area contributed by atoms with Crippen LogP contribution in [-0.4, -0.2) is 73.5 Å². The number of carbonyl (C=O) groups excluding carboxylic acids is 1. The molecule has 0 atom stereocenters. The maximum absolute atomic E-state index is 14.0. The lowest BCUT2D eigenvalue weighted by atomic mass is 10.2. The van der Waals surface area contributed by atoms with Crippen molar-refractivity contribution in [3.05, 3.63) is 71.6 Å². The maximum atomic E-state index is 14.0. The number of carbonyl (C=O) groups is 1.